The summed E-state index contributed by atoms with van der Waals surface area (Å²) in [6, 6.07) is -0.0546. The summed E-state index contributed by atoms with van der Waals surface area (Å²) in [6.45, 7) is 9.85. The second-order valence-electron chi connectivity index (χ2n) is 6.12. The summed E-state index contributed by atoms with van der Waals surface area (Å²) in [7, 11) is -3.23. The van der Waals surface area contributed by atoms with E-state index in [0.29, 0.717) is 13.2 Å². The van der Waals surface area contributed by atoms with Crippen molar-refractivity contribution < 1.29 is 17.9 Å². The van der Waals surface area contributed by atoms with E-state index < -0.39 is 20.6 Å². The molecule has 100 valence electrons. The molecule has 0 spiro atoms. The first kappa shape index (κ1) is 13.3. The minimum atomic E-state index is -3.23. The minimum absolute atomic E-state index is 0.0546. The summed E-state index contributed by atoms with van der Waals surface area (Å²) in [5.74, 6) is -0.593. The number of rotatable bonds is 2. The molecule has 2 aliphatic rings. The Bertz CT molecular complexity index is 410. The van der Waals surface area contributed by atoms with Gasteiger partial charge in [-0.2, -0.15) is 4.31 Å². The van der Waals surface area contributed by atoms with Crippen LogP contribution in [0, 0.1) is 0 Å². The Morgan fingerprint density at radius 3 is 2.29 bits per heavy atom. The maximum atomic E-state index is 12.2. The Kier molecular flexibility index (Phi) is 2.86. The van der Waals surface area contributed by atoms with Gasteiger partial charge in [-0.1, -0.05) is 0 Å². The van der Waals surface area contributed by atoms with Crippen LogP contribution in [0.3, 0.4) is 0 Å². The van der Waals surface area contributed by atoms with E-state index in [1.807, 2.05) is 13.8 Å². The van der Waals surface area contributed by atoms with Gasteiger partial charge in [0.15, 0.2) is 5.79 Å². The standard InChI is InChI=1S/C11H21NO4S/c1-10(2,3)17(13,14)12-6-8(12)9-7-15-11(4,5)16-9/h8-9H,6-7H2,1-5H3. The second kappa shape index (κ2) is 3.66. The highest BCUT2D eigenvalue weighted by Crippen LogP contribution is 2.37. The van der Waals surface area contributed by atoms with Crippen LogP contribution < -0.4 is 0 Å². The van der Waals surface area contributed by atoms with Crippen molar-refractivity contribution in [3.05, 3.63) is 0 Å². The van der Waals surface area contributed by atoms with E-state index in [-0.39, 0.29) is 12.1 Å². The Morgan fingerprint density at radius 1 is 1.29 bits per heavy atom. The summed E-state index contributed by atoms with van der Waals surface area (Å²) >= 11 is 0. The fraction of sp³-hybridized carbons (Fsp3) is 1.00. The van der Waals surface area contributed by atoms with Crippen LogP contribution in [-0.4, -0.2) is 48.6 Å². The molecule has 3 atom stereocenters. The van der Waals surface area contributed by atoms with Crippen molar-refractivity contribution in [3.8, 4) is 0 Å². The molecule has 0 N–H and O–H groups in total. The quantitative estimate of drug-likeness (QED) is 0.696. The molecule has 0 amide bonds. The topological polar surface area (TPSA) is 55.6 Å². The molecule has 3 unspecified atom stereocenters. The lowest BCUT2D eigenvalue weighted by atomic mass is 10.3. The van der Waals surface area contributed by atoms with E-state index in [4.69, 9.17) is 9.47 Å². The summed E-state index contributed by atoms with van der Waals surface area (Å²) in [6.07, 6.45) is -0.137. The number of hydrogen-bond acceptors (Lipinski definition) is 4. The van der Waals surface area contributed by atoms with Crippen molar-refractivity contribution in [1.29, 1.82) is 0 Å². The maximum absolute atomic E-state index is 12.2. The molecule has 0 radical (unpaired) electrons. The monoisotopic (exact) mass is 263 g/mol. The molecule has 2 fully saturated rings. The number of nitrogens with zero attached hydrogens (tertiary/aromatic N) is 1. The van der Waals surface area contributed by atoms with E-state index in [9.17, 15) is 8.42 Å². The zero-order chi connectivity index (χ0) is 13.1. The summed E-state index contributed by atoms with van der Waals surface area (Å²) in [5, 5.41) is 0. The molecule has 0 aromatic rings. The average Bonchev–Trinajstić information content (AvgIpc) is 2.84. The summed E-state index contributed by atoms with van der Waals surface area (Å²) in [4.78, 5) is 0. The third-order valence-electron chi connectivity index (χ3n) is 3.15. The van der Waals surface area contributed by atoms with E-state index in [0.717, 1.165) is 0 Å². The van der Waals surface area contributed by atoms with Crippen LogP contribution in [0.1, 0.15) is 34.6 Å². The van der Waals surface area contributed by atoms with Crippen LogP contribution in [0.15, 0.2) is 0 Å². The van der Waals surface area contributed by atoms with Gasteiger partial charge in [0.1, 0.15) is 6.10 Å². The van der Waals surface area contributed by atoms with Crippen molar-refractivity contribution in [3.63, 3.8) is 0 Å². The second-order valence-corrected chi connectivity index (χ2v) is 8.77. The predicted molar refractivity (Wildman–Crippen MR) is 64.1 cm³/mol. The Morgan fingerprint density at radius 2 is 1.88 bits per heavy atom. The molecule has 2 heterocycles. The third-order valence-corrected chi connectivity index (χ3v) is 5.73. The third kappa shape index (κ3) is 2.36. The van der Waals surface area contributed by atoms with Gasteiger partial charge < -0.3 is 9.47 Å². The van der Waals surface area contributed by atoms with Gasteiger partial charge in [-0.25, -0.2) is 8.42 Å². The number of sulfonamides is 1. The molecule has 0 aromatic heterocycles. The first-order valence-corrected chi connectivity index (χ1v) is 7.32. The fourth-order valence-electron chi connectivity index (χ4n) is 1.97. The molecule has 2 aliphatic heterocycles. The molecule has 17 heavy (non-hydrogen) atoms. The van der Waals surface area contributed by atoms with E-state index in [1.165, 1.54) is 4.31 Å². The zero-order valence-electron chi connectivity index (χ0n) is 11.1. The molecule has 2 rings (SSSR count). The minimum Gasteiger partial charge on any atom is -0.348 e. The van der Waals surface area contributed by atoms with Crippen molar-refractivity contribution in [2.75, 3.05) is 13.2 Å². The molecule has 2 saturated heterocycles. The largest absolute Gasteiger partial charge is 0.348 e. The van der Waals surface area contributed by atoms with Gasteiger partial charge in [0.2, 0.25) is 10.0 Å². The molecule has 0 saturated carbocycles. The van der Waals surface area contributed by atoms with Gasteiger partial charge in [-0.05, 0) is 34.6 Å². The number of ether oxygens (including phenoxy) is 2. The Balaban J connectivity index is 2.03. The van der Waals surface area contributed by atoms with Crippen LogP contribution in [-0.2, 0) is 19.5 Å². The highest BCUT2D eigenvalue weighted by atomic mass is 32.2. The molecular weight excluding hydrogens is 242 g/mol. The highest BCUT2D eigenvalue weighted by molar-refractivity contribution is 7.90. The first-order chi connectivity index (χ1) is 7.55. The van der Waals surface area contributed by atoms with Crippen LogP contribution in [0.5, 0.6) is 0 Å². The molecule has 0 aromatic carbocycles. The van der Waals surface area contributed by atoms with Gasteiger partial charge in [-0.15, -0.1) is 0 Å². The first-order valence-electron chi connectivity index (χ1n) is 5.88. The van der Waals surface area contributed by atoms with Crippen LogP contribution in [0.25, 0.3) is 0 Å². The van der Waals surface area contributed by atoms with Crippen LogP contribution in [0.2, 0.25) is 0 Å². The van der Waals surface area contributed by atoms with Crippen LogP contribution >= 0.6 is 0 Å². The molecule has 0 bridgehead atoms. The van der Waals surface area contributed by atoms with Gasteiger partial charge in [0, 0.05) is 6.54 Å². The Labute approximate surface area is 103 Å². The normalized spacial score (nSPS) is 37.1. The maximum Gasteiger partial charge on any atom is 0.219 e. The summed E-state index contributed by atoms with van der Waals surface area (Å²) < 4.78 is 36.2. The van der Waals surface area contributed by atoms with Crippen molar-refractivity contribution in [1.82, 2.24) is 4.31 Å². The predicted octanol–water partition coefficient (Wildman–Crippen LogP) is 0.950. The molecule has 0 aliphatic carbocycles. The molecule has 6 heteroatoms. The molecular formula is C11H21NO4S. The molecule has 5 nitrogen and oxygen atoms in total. The van der Waals surface area contributed by atoms with E-state index in [1.54, 1.807) is 20.8 Å². The van der Waals surface area contributed by atoms with Gasteiger partial charge in [-0.3, -0.25) is 0 Å². The van der Waals surface area contributed by atoms with Gasteiger partial charge in [0.25, 0.3) is 0 Å². The number of hydrogen-bond donors (Lipinski definition) is 0. The van der Waals surface area contributed by atoms with Crippen LogP contribution in [0.4, 0.5) is 0 Å². The highest BCUT2D eigenvalue weighted by Gasteiger charge is 2.55. The zero-order valence-corrected chi connectivity index (χ0v) is 11.9. The smallest absolute Gasteiger partial charge is 0.219 e. The van der Waals surface area contributed by atoms with Gasteiger partial charge >= 0.3 is 0 Å². The SMILES string of the molecule is CC1(C)OCC(C2CN2S(=O)(=O)C(C)(C)C)O1. The van der Waals surface area contributed by atoms with Crippen molar-refractivity contribution in [2.24, 2.45) is 0 Å². The fourth-order valence-corrected chi connectivity index (χ4v) is 3.52. The lowest BCUT2D eigenvalue weighted by molar-refractivity contribution is -0.138. The summed E-state index contributed by atoms with van der Waals surface area (Å²) in [5.41, 5.74) is 0. The van der Waals surface area contributed by atoms with E-state index >= 15 is 0 Å². The van der Waals surface area contributed by atoms with E-state index in [2.05, 4.69) is 0 Å². The Hall–Kier alpha value is -0.170. The average molecular weight is 263 g/mol. The van der Waals surface area contributed by atoms with Crippen molar-refractivity contribution in [2.45, 2.75) is 57.3 Å². The lowest BCUT2D eigenvalue weighted by Gasteiger charge is -2.21. The van der Waals surface area contributed by atoms with Gasteiger partial charge in [0.05, 0.1) is 17.4 Å². The lowest BCUT2D eigenvalue weighted by Crippen LogP contribution is -2.36. The van der Waals surface area contributed by atoms with Crippen molar-refractivity contribution >= 4 is 10.0 Å².